The normalized spacial score (nSPS) is 24.9. The molecular weight excluding hydrogens is 392 g/mol. The Labute approximate surface area is 161 Å². The summed E-state index contributed by atoms with van der Waals surface area (Å²) >= 11 is 1.27. The predicted octanol–water partition coefficient (Wildman–Crippen LogP) is -0.641. The number of benzene rings is 1. The average Bonchev–Trinajstić information content (AvgIpc) is 3.02. The van der Waals surface area contributed by atoms with Crippen molar-refractivity contribution < 1.29 is 27.9 Å². The zero-order valence-electron chi connectivity index (χ0n) is 14.7. The third kappa shape index (κ3) is 5.08. The van der Waals surface area contributed by atoms with Gasteiger partial charge in [0, 0.05) is 11.8 Å². The van der Waals surface area contributed by atoms with Crippen LogP contribution in [-0.4, -0.2) is 66.4 Å². The van der Waals surface area contributed by atoms with Gasteiger partial charge in [-0.05, 0) is 12.5 Å². The molecule has 2 aliphatic heterocycles. The number of sulfone groups is 1. The van der Waals surface area contributed by atoms with Gasteiger partial charge in [-0.2, -0.15) is 4.99 Å². The highest BCUT2D eigenvalue weighted by molar-refractivity contribution is 8.15. The van der Waals surface area contributed by atoms with Crippen LogP contribution >= 0.6 is 11.8 Å². The summed E-state index contributed by atoms with van der Waals surface area (Å²) in [6, 6.07) is 7.61. The van der Waals surface area contributed by atoms with Crippen LogP contribution < -0.4 is 5.11 Å². The molecule has 2 saturated heterocycles. The van der Waals surface area contributed by atoms with E-state index < -0.39 is 34.9 Å². The number of carbonyl (C=O) groups excluding carboxylic acids is 2. The van der Waals surface area contributed by atoms with Crippen LogP contribution in [-0.2, 0) is 30.7 Å². The fourth-order valence-corrected chi connectivity index (χ4v) is 7.04. The van der Waals surface area contributed by atoms with Gasteiger partial charge in [0.1, 0.15) is 6.61 Å². The lowest BCUT2D eigenvalue weighted by atomic mass is 10.1. The standard InChI is InChI=1S/C17H20N2O6S2/c1-11-2-4-12(5-3-11)6-19-13-9-27(23,24)10-14(13)26-17(19)18-15(20)7-25-8-16(21)22/h2-5,13-14H,6-10H2,1H3,(H,21,22)/p-1/t13-,14-/m1/s1. The number of hydrogen-bond acceptors (Lipinski definition) is 7. The van der Waals surface area contributed by atoms with Gasteiger partial charge >= 0.3 is 0 Å². The number of rotatable bonds is 6. The molecule has 0 aromatic heterocycles. The highest BCUT2D eigenvalue weighted by atomic mass is 32.2. The summed E-state index contributed by atoms with van der Waals surface area (Å²) < 4.78 is 28.7. The predicted molar refractivity (Wildman–Crippen MR) is 98.8 cm³/mol. The van der Waals surface area contributed by atoms with Crippen LogP contribution in [0.1, 0.15) is 11.1 Å². The van der Waals surface area contributed by atoms with E-state index in [9.17, 15) is 23.1 Å². The summed E-state index contributed by atoms with van der Waals surface area (Å²) in [6.07, 6.45) is 0. The largest absolute Gasteiger partial charge is 0.548 e. The minimum Gasteiger partial charge on any atom is -0.548 e. The molecule has 27 heavy (non-hydrogen) atoms. The minimum absolute atomic E-state index is 0.0327. The number of carboxylic acids is 1. The number of ether oxygens (including phenoxy) is 1. The van der Waals surface area contributed by atoms with Crippen molar-refractivity contribution in [2.75, 3.05) is 24.7 Å². The van der Waals surface area contributed by atoms with Crippen LogP contribution in [0.4, 0.5) is 0 Å². The lowest BCUT2D eigenvalue weighted by Crippen LogP contribution is -2.37. The number of carboxylic acid groups (broad SMARTS) is 1. The Kier molecular flexibility index (Phi) is 5.87. The minimum atomic E-state index is -3.11. The molecule has 1 amide bonds. The van der Waals surface area contributed by atoms with Gasteiger partial charge in [0.05, 0.1) is 30.1 Å². The molecule has 2 fully saturated rings. The molecule has 8 nitrogen and oxygen atoms in total. The van der Waals surface area contributed by atoms with E-state index in [1.54, 1.807) is 0 Å². The number of aryl methyl sites for hydroxylation is 1. The van der Waals surface area contributed by atoms with Crippen molar-refractivity contribution in [2.24, 2.45) is 4.99 Å². The van der Waals surface area contributed by atoms with Crippen molar-refractivity contribution in [3.63, 3.8) is 0 Å². The molecular formula is C17H19N2O6S2-. The van der Waals surface area contributed by atoms with Gasteiger partial charge in [-0.15, -0.1) is 0 Å². The Balaban J connectivity index is 1.77. The van der Waals surface area contributed by atoms with E-state index in [2.05, 4.69) is 4.99 Å². The second-order valence-electron chi connectivity index (χ2n) is 6.57. The number of aliphatic imine (C=N–C) groups is 1. The van der Waals surface area contributed by atoms with Gasteiger partial charge in [-0.3, -0.25) is 4.79 Å². The maximum atomic E-state index is 12.0. The van der Waals surface area contributed by atoms with Crippen LogP contribution in [0.5, 0.6) is 0 Å². The quantitative estimate of drug-likeness (QED) is 0.607. The van der Waals surface area contributed by atoms with Crippen molar-refractivity contribution in [3.05, 3.63) is 35.4 Å². The smallest absolute Gasteiger partial charge is 0.274 e. The molecule has 0 bridgehead atoms. The molecule has 3 rings (SSSR count). The molecule has 0 unspecified atom stereocenters. The van der Waals surface area contributed by atoms with E-state index in [0.29, 0.717) is 11.7 Å². The van der Waals surface area contributed by atoms with Crippen molar-refractivity contribution in [1.29, 1.82) is 0 Å². The zero-order chi connectivity index (χ0) is 19.6. The number of fused-ring (bicyclic) bond motifs is 1. The van der Waals surface area contributed by atoms with Crippen molar-refractivity contribution in [3.8, 4) is 0 Å². The van der Waals surface area contributed by atoms with Crippen LogP contribution in [0.25, 0.3) is 0 Å². The number of amidine groups is 1. The van der Waals surface area contributed by atoms with Crippen LogP contribution in [0, 0.1) is 6.92 Å². The molecule has 2 heterocycles. The highest BCUT2D eigenvalue weighted by Crippen LogP contribution is 2.39. The molecule has 0 saturated carbocycles. The molecule has 0 spiro atoms. The Morgan fingerprint density at radius 2 is 1.96 bits per heavy atom. The third-order valence-electron chi connectivity index (χ3n) is 4.31. The first kappa shape index (κ1) is 19.8. The van der Waals surface area contributed by atoms with Gasteiger partial charge in [-0.25, -0.2) is 8.42 Å². The number of carbonyl (C=O) groups is 2. The van der Waals surface area contributed by atoms with E-state index in [-0.39, 0.29) is 22.8 Å². The van der Waals surface area contributed by atoms with Crippen molar-refractivity contribution in [1.82, 2.24) is 4.90 Å². The second-order valence-corrected chi connectivity index (χ2v) is 9.93. The molecule has 0 aliphatic carbocycles. The summed E-state index contributed by atoms with van der Waals surface area (Å²) in [5, 5.41) is 10.6. The first-order chi connectivity index (χ1) is 12.7. The molecule has 0 N–H and O–H groups in total. The summed E-state index contributed by atoms with van der Waals surface area (Å²) in [6.45, 7) is 1.27. The van der Waals surface area contributed by atoms with Gasteiger partial charge in [0.2, 0.25) is 0 Å². The van der Waals surface area contributed by atoms with E-state index in [0.717, 1.165) is 11.1 Å². The van der Waals surface area contributed by atoms with E-state index >= 15 is 0 Å². The number of amides is 1. The van der Waals surface area contributed by atoms with Crippen molar-refractivity contribution in [2.45, 2.75) is 24.8 Å². The summed E-state index contributed by atoms with van der Waals surface area (Å²) in [7, 11) is -3.11. The Hall–Kier alpha value is -1.91. The lowest BCUT2D eigenvalue weighted by molar-refractivity contribution is -0.309. The lowest BCUT2D eigenvalue weighted by Gasteiger charge is -2.24. The van der Waals surface area contributed by atoms with Crippen LogP contribution in [0.3, 0.4) is 0 Å². The molecule has 146 valence electrons. The molecule has 2 aliphatic rings. The first-order valence-electron chi connectivity index (χ1n) is 8.32. The first-order valence-corrected chi connectivity index (χ1v) is 11.0. The molecule has 2 atom stereocenters. The van der Waals surface area contributed by atoms with Gasteiger partial charge in [-0.1, -0.05) is 41.6 Å². The van der Waals surface area contributed by atoms with E-state index in [1.807, 2.05) is 36.1 Å². The van der Waals surface area contributed by atoms with Crippen LogP contribution in [0.2, 0.25) is 0 Å². The van der Waals surface area contributed by atoms with Gasteiger partial charge in [0.25, 0.3) is 5.91 Å². The molecule has 10 heteroatoms. The average molecular weight is 411 g/mol. The molecule has 0 radical (unpaired) electrons. The molecule has 1 aromatic rings. The van der Waals surface area contributed by atoms with Gasteiger partial charge in [0.15, 0.2) is 15.0 Å². The Bertz CT molecular complexity index is 866. The summed E-state index contributed by atoms with van der Waals surface area (Å²) in [5.41, 5.74) is 2.10. The third-order valence-corrected chi connectivity index (χ3v) is 7.56. The van der Waals surface area contributed by atoms with Crippen molar-refractivity contribution >= 4 is 38.6 Å². The number of aliphatic carboxylic acids is 1. The summed E-state index contributed by atoms with van der Waals surface area (Å²) in [5.74, 6) is -1.94. The monoisotopic (exact) mass is 411 g/mol. The number of thioether (sulfide) groups is 1. The SMILES string of the molecule is Cc1ccc(CN2C(=NC(=O)COCC(=O)[O-])S[C@@H]3CS(=O)(=O)C[C@H]32)cc1. The molecule has 1 aromatic carbocycles. The fraction of sp³-hybridized carbons (Fsp3) is 0.471. The maximum absolute atomic E-state index is 12.0. The van der Waals surface area contributed by atoms with Gasteiger partial charge < -0.3 is 19.5 Å². The second kappa shape index (κ2) is 7.99. The van der Waals surface area contributed by atoms with Crippen LogP contribution in [0.15, 0.2) is 29.3 Å². The van der Waals surface area contributed by atoms with E-state index in [1.165, 1.54) is 11.8 Å². The Morgan fingerprint density at radius 1 is 1.26 bits per heavy atom. The maximum Gasteiger partial charge on any atom is 0.274 e. The number of hydrogen-bond donors (Lipinski definition) is 0. The summed E-state index contributed by atoms with van der Waals surface area (Å²) in [4.78, 5) is 28.2. The van der Waals surface area contributed by atoms with E-state index in [4.69, 9.17) is 4.74 Å². The zero-order valence-corrected chi connectivity index (χ0v) is 16.3. The Morgan fingerprint density at radius 3 is 2.63 bits per heavy atom. The fourth-order valence-electron chi connectivity index (χ4n) is 3.07. The number of nitrogens with zero attached hydrogens (tertiary/aromatic N) is 2. The highest BCUT2D eigenvalue weighted by Gasteiger charge is 2.48. The topological polar surface area (TPSA) is 116 Å².